The molecule has 0 amide bonds. The van der Waals surface area contributed by atoms with Crippen LogP contribution in [-0.2, 0) is 0 Å². The molecule has 1 aliphatic carbocycles. The fourth-order valence-electron chi connectivity index (χ4n) is 3.83. The van der Waals surface area contributed by atoms with Crippen LogP contribution in [0.25, 0.3) is 33.2 Å². The second kappa shape index (κ2) is 5.12. The zero-order valence-corrected chi connectivity index (χ0v) is 13.8. The van der Waals surface area contributed by atoms with Crippen molar-refractivity contribution in [3.05, 3.63) is 89.6 Å². The van der Waals surface area contributed by atoms with E-state index in [2.05, 4.69) is 42.2 Å². The summed E-state index contributed by atoms with van der Waals surface area (Å²) in [5.74, 6) is 0.0896. The van der Waals surface area contributed by atoms with E-state index < -0.39 is 0 Å². The molecular formula is C23H15NO. The molecule has 0 saturated heterocycles. The quantitative estimate of drug-likeness (QED) is 0.412. The number of carbonyl (C=O) groups excluding carboxylic acids is 1. The third-order valence-corrected chi connectivity index (χ3v) is 4.98. The summed E-state index contributed by atoms with van der Waals surface area (Å²) in [4.78, 5) is 17.4. The Bertz CT molecular complexity index is 1170. The topological polar surface area (TPSA) is 30.0 Å². The summed E-state index contributed by atoms with van der Waals surface area (Å²) in [6, 6.07) is 22.3. The van der Waals surface area contributed by atoms with E-state index >= 15 is 0 Å². The second-order valence-electron chi connectivity index (χ2n) is 6.47. The number of fused-ring (bicyclic) bond motifs is 4. The zero-order valence-electron chi connectivity index (χ0n) is 13.8. The number of ketones is 1. The number of carbonyl (C=O) groups is 1. The van der Waals surface area contributed by atoms with Crippen LogP contribution in [0.3, 0.4) is 0 Å². The van der Waals surface area contributed by atoms with Crippen LogP contribution in [0.1, 0.15) is 21.5 Å². The summed E-state index contributed by atoms with van der Waals surface area (Å²) in [5.41, 5.74) is 6.60. The van der Waals surface area contributed by atoms with E-state index in [9.17, 15) is 4.79 Å². The molecule has 4 aromatic rings. The highest BCUT2D eigenvalue weighted by Gasteiger charge is 2.29. The Morgan fingerprint density at radius 3 is 2.44 bits per heavy atom. The molecule has 2 heteroatoms. The van der Waals surface area contributed by atoms with Gasteiger partial charge >= 0.3 is 0 Å². The Morgan fingerprint density at radius 2 is 1.56 bits per heavy atom. The standard InChI is InChI=1S/C23H15NO/c1-14-12-16(13-15-6-2-3-7-17(14)15)22-21-18-8-4-5-9-19(18)23(25)20(21)10-11-24-22/h2-13H,1H3. The molecule has 0 fully saturated rings. The van der Waals surface area contributed by atoms with Crippen molar-refractivity contribution in [2.24, 2.45) is 0 Å². The number of aryl methyl sites for hydroxylation is 1. The first-order valence-electron chi connectivity index (χ1n) is 8.37. The van der Waals surface area contributed by atoms with Gasteiger partial charge in [0.05, 0.1) is 5.69 Å². The molecule has 0 aliphatic heterocycles. The van der Waals surface area contributed by atoms with E-state index in [1.165, 1.54) is 16.3 Å². The van der Waals surface area contributed by atoms with E-state index in [0.29, 0.717) is 0 Å². The van der Waals surface area contributed by atoms with Crippen molar-refractivity contribution in [3.63, 3.8) is 0 Å². The molecule has 1 heterocycles. The number of hydrogen-bond acceptors (Lipinski definition) is 2. The summed E-state index contributed by atoms with van der Waals surface area (Å²) in [7, 11) is 0. The molecule has 1 aromatic heterocycles. The van der Waals surface area contributed by atoms with Crippen LogP contribution in [0.15, 0.2) is 72.9 Å². The van der Waals surface area contributed by atoms with Gasteiger partial charge < -0.3 is 0 Å². The van der Waals surface area contributed by atoms with Crippen LogP contribution >= 0.6 is 0 Å². The zero-order chi connectivity index (χ0) is 17.0. The van der Waals surface area contributed by atoms with Gasteiger partial charge in [0, 0.05) is 28.5 Å². The predicted octanol–water partition coefficient (Wildman–Crippen LogP) is 5.42. The normalized spacial score (nSPS) is 12.3. The van der Waals surface area contributed by atoms with E-state index in [1.807, 2.05) is 36.4 Å². The Balaban J connectivity index is 1.83. The minimum Gasteiger partial charge on any atom is -0.289 e. The Labute approximate surface area is 145 Å². The van der Waals surface area contributed by atoms with Crippen LogP contribution in [-0.4, -0.2) is 10.8 Å². The largest absolute Gasteiger partial charge is 0.289 e. The molecule has 0 N–H and O–H groups in total. The van der Waals surface area contributed by atoms with E-state index in [-0.39, 0.29) is 5.78 Å². The van der Waals surface area contributed by atoms with Gasteiger partial charge in [-0.2, -0.15) is 0 Å². The van der Waals surface area contributed by atoms with Crippen LogP contribution in [0.5, 0.6) is 0 Å². The summed E-state index contributed by atoms with van der Waals surface area (Å²) >= 11 is 0. The van der Waals surface area contributed by atoms with Crippen LogP contribution in [0.2, 0.25) is 0 Å². The molecule has 3 aromatic carbocycles. The van der Waals surface area contributed by atoms with Crippen LogP contribution in [0.4, 0.5) is 0 Å². The van der Waals surface area contributed by atoms with Crippen molar-refractivity contribution in [2.75, 3.05) is 0 Å². The SMILES string of the molecule is Cc1cc(-c2nccc3c2-c2ccccc2C3=O)cc2ccccc12. The average Bonchev–Trinajstić information content (AvgIpc) is 2.95. The van der Waals surface area contributed by atoms with Crippen molar-refractivity contribution in [1.29, 1.82) is 0 Å². The van der Waals surface area contributed by atoms with Crippen molar-refractivity contribution in [3.8, 4) is 22.4 Å². The number of hydrogen-bond donors (Lipinski definition) is 0. The van der Waals surface area contributed by atoms with Gasteiger partial charge in [0.1, 0.15) is 0 Å². The van der Waals surface area contributed by atoms with Gasteiger partial charge in [0.2, 0.25) is 0 Å². The molecule has 118 valence electrons. The minimum absolute atomic E-state index is 0.0896. The maximum absolute atomic E-state index is 12.7. The monoisotopic (exact) mass is 321 g/mol. The van der Waals surface area contributed by atoms with Gasteiger partial charge in [0.15, 0.2) is 5.78 Å². The van der Waals surface area contributed by atoms with Crippen molar-refractivity contribution in [1.82, 2.24) is 4.98 Å². The van der Waals surface area contributed by atoms with Gasteiger partial charge in [-0.15, -0.1) is 0 Å². The maximum atomic E-state index is 12.7. The number of benzene rings is 3. The van der Waals surface area contributed by atoms with Crippen molar-refractivity contribution in [2.45, 2.75) is 6.92 Å². The third-order valence-electron chi connectivity index (χ3n) is 4.98. The molecule has 0 spiro atoms. The molecule has 1 aliphatic rings. The first kappa shape index (κ1) is 14.1. The smallest absolute Gasteiger partial charge is 0.194 e. The molecule has 0 bridgehead atoms. The minimum atomic E-state index is 0.0896. The maximum Gasteiger partial charge on any atom is 0.194 e. The summed E-state index contributed by atoms with van der Waals surface area (Å²) in [5, 5.41) is 2.44. The lowest BCUT2D eigenvalue weighted by atomic mass is 9.95. The third kappa shape index (κ3) is 1.97. The van der Waals surface area contributed by atoms with Crippen molar-refractivity contribution >= 4 is 16.6 Å². The highest BCUT2D eigenvalue weighted by Crippen LogP contribution is 2.42. The highest BCUT2D eigenvalue weighted by atomic mass is 16.1. The van der Waals surface area contributed by atoms with E-state index in [1.54, 1.807) is 6.20 Å². The molecule has 0 unspecified atom stereocenters. The second-order valence-corrected chi connectivity index (χ2v) is 6.47. The Kier molecular flexibility index (Phi) is 2.89. The molecule has 0 radical (unpaired) electrons. The van der Waals surface area contributed by atoms with Gasteiger partial charge in [0.25, 0.3) is 0 Å². The Morgan fingerprint density at radius 1 is 0.800 bits per heavy atom. The molecule has 25 heavy (non-hydrogen) atoms. The van der Waals surface area contributed by atoms with Gasteiger partial charge in [-0.25, -0.2) is 0 Å². The number of pyridine rings is 1. The predicted molar refractivity (Wildman–Crippen MR) is 101 cm³/mol. The first-order chi connectivity index (χ1) is 12.2. The molecule has 0 saturated carbocycles. The fourth-order valence-corrected chi connectivity index (χ4v) is 3.83. The van der Waals surface area contributed by atoms with Gasteiger partial charge in [-0.3, -0.25) is 9.78 Å². The van der Waals surface area contributed by atoms with Crippen molar-refractivity contribution < 1.29 is 4.79 Å². The van der Waals surface area contributed by atoms with Gasteiger partial charge in [-0.1, -0.05) is 48.5 Å². The summed E-state index contributed by atoms with van der Waals surface area (Å²) < 4.78 is 0. The molecular weight excluding hydrogens is 306 g/mol. The van der Waals surface area contributed by atoms with E-state index in [4.69, 9.17) is 0 Å². The van der Waals surface area contributed by atoms with Crippen LogP contribution < -0.4 is 0 Å². The average molecular weight is 321 g/mol. The molecule has 2 nitrogen and oxygen atoms in total. The highest BCUT2D eigenvalue weighted by molar-refractivity contribution is 6.23. The molecule has 5 rings (SSSR count). The number of nitrogens with zero attached hydrogens (tertiary/aromatic N) is 1. The van der Waals surface area contributed by atoms with E-state index in [0.717, 1.165) is 33.5 Å². The molecule has 0 atom stereocenters. The lowest BCUT2D eigenvalue weighted by Gasteiger charge is -2.11. The van der Waals surface area contributed by atoms with Gasteiger partial charge in [-0.05, 0) is 47.0 Å². The van der Waals surface area contributed by atoms with Crippen LogP contribution in [0, 0.1) is 6.92 Å². The summed E-state index contributed by atoms with van der Waals surface area (Å²) in [6.45, 7) is 2.12. The Hall–Kier alpha value is -3.26. The number of rotatable bonds is 1. The lowest BCUT2D eigenvalue weighted by molar-refractivity contribution is 0.104. The first-order valence-corrected chi connectivity index (χ1v) is 8.37. The number of aromatic nitrogens is 1. The fraction of sp³-hybridized carbons (Fsp3) is 0.0435. The lowest BCUT2D eigenvalue weighted by Crippen LogP contribution is -1.96. The summed E-state index contributed by atoms with van der Waals surface area (Å²) in [6.07, 6.45) is 1.74.